The van der Waals surface area contributed by atoms with Crippen LogP contribution >= 0.6 is 12.4 Å². The van der Waals surface area contributed by atoms with Gasteiger partial charge >= 0.3 is 0 Å². The number of rotatable bonds is 5. The minimum Gasteiger partial charge on any atom is -0.335 e. The summed E-state index contributed by atoms with van der Waals surface area (Å²) in [5, 5.41) is 7.77. The molecule has 1 saturated carbocycles. The second-order valence-electron chi connectivity index (χ2n) is 8.06. The van der Waals surface area contributed by atoms with Crippen LogP contribution in [0.15, 0.2) is 42.7 Å². The van der Waals surface area contributed by atoms with Gasteiger partial charge in [-0.15, -0.1) is 12.4 Å². The second kappa shape index (κ2) is 9.57. The van der Waals surface area contributed by atoms with E-state index in [0.29, 0.717) is 11.9 Å². The number of aromatic nitrogens is 2. The summed E-state index contributed by atoms with van der Waals surface area (Å²) in [4.78, 5) is 15.9. The van der Waals surface area contributed by atoms with Gasteiger partial charge in [-0.25, -0.2) is 0 Å². The van der Waals surface area contributed by atoms with Crippen molar-refractivity contribution in [3.05, 3.63) is 53.9 Å². The van der Waals surface area contributed by atoms with E-state index in [9.17, 15) is 4.79 Å². The number of amides is 1. The molecule has 1 amide bonds. The van der Waals surface area contributed by atoms with E-state index in [1.54, 1.807) is 0 Å². The smallest absolute Gasteiger partial charge is 0.228 e. The summed E-state index contributed by atoms with van der Waals surface area (Å²) in [7, 11) is 1.94. The Morgan fingerprint density at radius 3 is 2.61 bits per heavy atom. The van der Waals surface area contributed by atoms with Gasteiger partial charge in [-0.05, 0) is 24.0 Å². The molecule has 1 aliphatic carbocycles. The lowest BCUT2D eigenvalue weighted by atomic mass is 9.87. The number of hydrogen-bond acceptors (Lipinski definition) is 3. The van der Waals surface area contributed by atoms with Crippen LogP contribution in [-0.4, -0.2) is 39.7 Å². The summed E-state index contributed by atoms with van der Waals surface area (Å²) in [5.74, 6) is 0.525. The van der Waals surface area contributed by atoms with Crippen molar-refractivity contribution >= 4 is 18.3 Å². The summed E-state index contributed by atoms with van der Waals surface area (Å²) in [6.45, 7) is 2.34. The van der Waals surface area contributed by atoms with Gasteiger partial charge in [0.1, 0.15) is 0 Å². The highest BCUT2D eigenvalue weighted by molar-refractivity contribution is 5.85. The third-order valence-electron chi connectivity index (χ3n) is 6.18. The van der Waals surface area contributed by atoms with E-state index >= 15 is 0 Å². The number of carbonyl (C=O) groups excluding carboxylic acids is 1. The lowest BCUT2D eigenvalue weighted by Gasteiger charge is -2.37. The van der Waals surface area contributed by atoms with Crippen LogP contribution < -0.4 is 5.32 Å². The summed E-state index contributed by atoms with van der Waals surface area (Å²) in [5.41, 5.74) is 2.39. The molecule has 1 aromatic carbocycles. The molecule has 2 aromatic rings. The van der Waals surface area contributed by atoms with Crippen LogP contribution in [0.3, 0.4) is 0 Å². The standard InChI is InChI=1S/C22H30N4O.ClH/c1-25-16-18(12-24-25)20-13-23-14-21(20)22(27)26(19-10-6-3-7-11-19)15-17-8-4-2-5-9-17;/h2,4-5,8-9,12,16,19-21,23H,3,6-7,10-11,13-15H2,1H3;1H/t20-,21+;/m1./s1. The Morgan fingerprint density at radius 1 is 1.18 bits per heavy atom. The van der Waals surface area contributed by atoms with Gasteiger partial charge < -0.3 is 10.2 Å². The number of nitrogens with zero attached hydrogens (tertiary/aromatic N) is 3. The first-order valence-corrected chi connectivity index (χ1v) is 10.3. The average molecular weight is 403 g/mol. The van der Waals surface area contributed by atoms with Gasteiger partial charge in [-0.2, -0.15) is 5.10 Å². The fourth-order valence-corrected chi connectivity index (χ4v) is 4.69. The maximum Gasteiger partial charge on any atom is 0.228 e. The summed E-state index contributed by atoms with van der Waals surface area (Å²) < 4.78 is 1.83. The summed E-state index contributed by atoms with van der Waals surface area (Å²) in [6, 6.07) is 10.8. The van der Waals surface area contributed by atoms with Gasteiger partial charge in [0.25, 0.3) is 0 Å². The SMILES string of the molecule is Cl.Cn1cc([C@H]2CNC[C@@H]2C(=O)N(Cc2ccccc2)C2CCCCC2)cn1. The zero-order valence-corrected chi connectivity index (χ0v) is 17.4. The molecule has 1 aliphatic heterocycles. The minimum absolute atomic E-state index is 0. The van der Waals surface area contributed by atoms with E-state index < -0.39 is 0 Å². The van der Waals surface area contributed by atoms with Crippen LogP contribution in [0.5, 0.6) is 0 Å². The summed E-state index contributed by atoms with van der Waals surface area (Å²) >= 11 is 0. The number of halogens is 1. The fourth-order valence-electron chi connectivity index (χ4n) is 4.69. The first-order chi connectivity index (χ1) is 13.2. The van der Waals surface area contributed by atoms with Crippen LogP contribution in [0, 0.1) is 5.92 Å². The van der Waals surface area contributed by atoms with Gasteiger partial charge in [0.05, 0.1) is 12.1 Å². The molecular weight excluding hydrogens is 372 g/mol. The van der Waals surface area contributed by atoms with E-state index in [1.165, 1.54) is 30.4 Å². The molecule has 0 radical (unpaired) electrons. The lowest BCUT2D eigenvalue weighted by molar-refractivity contribution is -0.139. The molecule has 4 rings (SSSR count). The normalized spacial score (nSPS) is 22.6. The van der Waals surface area contributed by atoms with Crippen molar-refractivity contribution in [2.45, 2.75) is 50.6 Å². The Kier molecular flexibility index (Phi) is 7.13. The van der Waals surface area contributed by atoms with Gasteiger partial charge in [0, 0.05) is 44.8 Å². The molecule has 2 aliphatic rings. The molecule has 2 atom stereocenters. The zero-order chi connectivity index (χ0) is 18.6. The Hall–Kier alpha value is -1.85. The lowest BCUT2D eigenvalue weighted by Crippen LogP contribution is -2.45. The topological polar surface area (TPSA) is 50.2 Å². The highest BCUT2D eigenvalue weighted by Crippen LogP contribution is 2.32. The highest BCUT2D eigenvalue weighted by atomic mass is 35.5. The van der Waals surface area contributed by atoms with Crippen molar-refractivity contribution in [3.63, 3.8) is 0 Å². The first-order valence-electron chi connectivity index (χ1n) is 10.3. The van der Waals surface area contributed by atoms with Crippen LogP contribution in [0.1, 0.15) is 49.1 Å². The molecule has 0 unspecified atom stereocenters. The van der Waals surface area contributed by atoms with E-state index in [0.717, 1.165) is 32.5 Å². The Bertz CT molecular complexity index is 757. The quantitative estimate of drug-likeness (QED) is 0.832. The van der Waals surface area contributed by atoms with Crippen molar-refractivity contribution in [1.82, 2.24) is 20.0 Å². The van der Waals surface area contributed by atoms with Gasteiger partial charge in [0.2, 0.25) is 5.91 Å². The van der Waals surface area contributed by atoms with Gasteiger partial charge in [-0.3, -0.25) is 9.48 Å². The molecule has 1 saturated heterocycles. The first kappa shape index (κ1) is 20.9. The highest BCUT2D eigenvalue weighted by Gasteiger charge is 2.39. The molecule has 5 nitrogen and oxygen atoms in total. The van der Waals surface area contributed by atoms with Gasteiger partial charge in [0.15, 0.2) is 0 Å². The van der Waals surface area contributed by atoms with E-state index in [4.69, 9.17) is 0 Å². The number of aryl methyl sites for hydroxylation is 1. The van der Waals surface area contributed by atoms with Crippen molar-refractivity contribution < 1.29 is 4.79 Å². The van der Waals surface area contributed by atoms with Crippen molar-refractivity contribution in [1.29, 1.82) is 0 Å². The molecule has 0 bridgehead atoms. The molecular formula is C22H31ClN4O. The Morgan fingerprint density at radius 2 is 1.93 bits per heavy atom. The van der Waals surface area contributed by atoms with Crippen LogP contribution in [0.4, 0.5) is 0 Å². The van der Waals surface area contributed by atoms with Crippen molar-refractivity contribution in [2.24, 2.45) is 13.0 Å². The molecule has 1 aromatic heterocycles. The molecule has 152 valence electrons. The molecule has 1 N–H and O–H groups in total. The maximum atomic E-state index is 13.7. The molecule has 28 heavy (non-hydrogen) atoms. The third-order valence-corrected chi connectivity index (χ3v) is 6.18. The van der Waals surface area contributed by atoms with Crippen molar-refractivity contribution in [3.8, 4) is 0 Å². The second-order valence-corrected chi connectivity index (χ2v) is 8.06. The van der Waals surface area contributed by atoms with Crippen LogP contribution in [-0.2, 0) is 18.4 Å². The largest absolute Gasteiger partial charge is 0.335 e. The van der Waals surface area contributed by atoms with Gasteiger partial charge in [-0.1, -0.05) is 49.6 Å². The summed E-state index contributed by atoms with van der Waals surface area (Å²) in [6.07, 6.45) is 10.0. The Balaban J connectivity index is 0.00000225. The van der Waals surface area contributed by atoms with E-state index in [-0.39, 0.29) is 24.2 Å². The number of carbonyl (C=O) groups is 1. The number of hydrogen-bond donors (Lipinski definition) is 1. The van der Waals surface area contributed by atoms with Crippen molar-refractivity contribution in [2.75, 3.05) is 13.1 Å². The molecule has 2 fully saturated rings. The third kappa shape index (κ3) is 4.58. The molecule has 6 heteroatoms. The number of nitrogens with one attached hydrogen (secondary N) is 1. The molecule has 2 heterocycles. The van der Waals surface area contributed by atoms with Crippen LogP contribution in [0.25, 0.3) is 0 Å². The predicted octanol–water partition coefficient (Wildman–Crippen LogP) is 3.51. The predicted molar refractivity (Wildman–Crippen MR) is 113 cm³/mol. The fraction of sp³-hybridized carbons (Fsp3) is 0.545. The Labute approximate surface area is 173 Å². The number of benzene rings is 1. The average Bonchev–Trinajstić information content (AvgIpc) is 3.36. The monoisotopic (exact) mass is 402 g/mol. The zero-order valence-electron chi connectivity index (χ0n) is 16.6. The van der Waals surface area contributed by atoms with E-state index in [1.807, 2.05) is 24.0 Å². The van der Waals surface area contributed by atoms with Crippen LogP contribution in [0.2, 0.25) is 0 Å². The maximum absolute atomic E-state index is 13.7. The van der Waals surface area contributed by atoms with E-state index in [2.05, 4.69) is 45.8 Å². The minimum atomic E-state index is -0.000149. The molecule has 0 spiro atoms.